The van der Waals surface area contributed by atoms with Gasteiger partial charge in [-0.05, 0) is 47.7 Å². The molecule has 3 rings (SSSR count). The molecule has 0 aliphatic carbocycles. The number of hydrogen-bond donors (Lipinski definition) is 1. The van der Waals surface area contributed by atoms with Crippen molar-refractivity contribution in [2.24, 2.45) is 10.7 Å². The smallest absolute Gasteiger partial charge is 0.286 e. The maximum atomic E-state index is 13.0. The van der Waals surface area contributed by atoms with Gasteiger partial charge in [0.15, 0.2) is 5.17 Å². The molecule has 1 aliphatic rings. The first kappa shape index (κ1) is 17.8. The summed E-state index contributed by atoms with van der Waals surface area (Å²) in [4.78, 5) is 15.8. The van der Waals surface area contributed by atoms with Gasteiger partial charge in [-0.2, -0.15) is 4.99 Å². The summed E-state index contributed by atoms with van der Waals surface area (Å²) in [7, 11) is 0. The molecule has 8 heteroatoms. The van der Waals surface area contributed by atoms with E-state index < -0.39 is 5.91 Å². The molecule has 2 aromatic rings. The number of amides is 1. The van der Waals surface area contributed by atoms with Gasteiger partial charge in [0.1, 0.15) is 18.2 Å². The van der Waals surface area contributed by atoms with Gasteiger partial charge in [0.25, 0.3) is 5.91 Å². The first-order valence-electron chi connectivity index (χ1n) is 7.06. The van der Waals surface area contributed by atoms with Crippen LogP contribution in [-0.4, -0.2) is 11.1 Å². The fourth-order valence-electron chi connectivity index (χ4n) is 2.14. The van der Waals surface area contributed by atoms with Crippen LogP contribution < -0.4 is 10.5 Å². The summed E-state index contributed by atoms with van der Waals surface area (Å²) in [6.45, 7) is 0.178. The molecule has 0 bridgehead atoms. The molecule has 0 radical (unpaired) electrons. The van der Waals surface area contributed by atoms with Gasteiger partial charge in [-0.25, -0.2) is 4.39 Å². The Morgan fingerprint density at radius 1 is 1.24 bits per heavy atom. The molecular formula is C17H11Cl2FN2O2S. The predicted molar refractivity (Wildman–Crippen MR) is 99.4 cm³/mol. The molecule has 0 atom stereocenters. The van der Waals surface area contributed by atoms with Crippen molar-refractivity contribution in [3.05, 3.63) is 68.3 Å². The second-order valence-electron chi connectivity index (χ2n) is 5.09. The molecular weight excluding hydrogens is 386 g/mol. The molecule has 25 heavy (non-hydrogen) atoms. The zero-order valence-electron chi connectivity index (χ0n) is 12.6. The molecule has 0 spiro atoms. The average molecular weight is 397 g/mol. The second-order valence-corrected chi connectivity index (χ2v) is 6.99. The Balaban J connectivity index is 1.89. The Labute approximate surface area is 157 Å². The normalized spacial score (nSPS) is 15.6. The number of amidine groups is 1. The van der Waals surface area contributed by atoms with Gasteiger partial charge in [-0.3, -0.25) is 4.79 Å². The van der Waals surface area contributed by atoms with Crippen LogP contribution in [-0.2, 0) is 11.4 Å². The van der Waals surface area contributed by atoms with Crippen molar-refractivity contribution in [2.75, 3.05) is 0 Å². The van der Waals surface area contributed by atoms with E-state index in [1.807, 2.05) is 0 Å². The summed E-state index contributed by atoms with van der Waals surface area (Å²) in [5, 5.41) is 0.874. The van der Waals surface area contributed by atoms with E-state index in [4.69, 9.17) is 33.7 Å². The van der Waals surface area contributed by atoms with Gasteiger partial charge in [0, 0.05) is 10.6 Å². The summed E-state index contributed by atoms with van der Waals surface area (Å²) in [5.41, 5.74) is 6.85. The fraction of sp³-hybridized carbons (Fsp3) is 0.0588. The topological polar surface area (TPSA) is 64.7 Å². The number of carbonyl (C=O) groups excluding carboxylic acids is 1. The summed E-state index contributed by atoms with van der Waals surface area (Å²) in [6.07, 6.45) is 1.58. The van der Waals surface area contributed by atoms with E-state index in [0.717, 1.165) is 17.3 Å². The van der Waals surface area contributed by atoms with Crippen LogP contribution in [0.2, 0.25) is 10.0 Å². The highest BCUT2D eigenvalue weighted by Gasteiger charge is 2.21. The van der Waals surface area contributed by atoms with Gasteiger partial charge in [-0.1, -0.05) is 35.3 Å². The van der Waals surface area contributed by atoms with Crippen LogP contribution >= 0.6 is 35.0 Å². The van der Waals surface area contributed by atoms with Crippen LogP contribution in [0.3, 0.4) is 0 Å². The molecule has 0 saturated carbocycles. The number of hydrogen-bond acceptors (Lipinski definition) is 4. The number of halogens is 3. The molecule has 0 saturated heterocycles. The number of benzene rings is 2. The lowest BCUT2D eigenvalue weighted by atomic mass is 10.1. The van der Waals surface area contributed by atoms with Gasteiger partial charge in [0.05, 0.1) is 9.93 Å². The minimum absolute atomic E-state index is 0.178. The molecule has 0 unspecified atom stereocenters. The van der Waals surface area contributed by atoms with E-state index >= 15 is 0 Å². The average Bonchev–Trinajstić information content (AvgIpc) is 2.85. The second kappa shape index (κ2) is 7.47. The fourth-order valence-corrected chi connectivity index (χ4v) is 3.38. The summed E-state index contributed by atoms with van der Waals surface area (Å²) < 4.78 is 18.8. The van der Waals surface area contributed by atoms with Crippen molar-refractivity contribution < 1.29 is 13.9 Å². The zero-order valence-corrected chi connectivity index (χ0v) is 15.0. The SMILES string of the molecule is NC1=NC(=O)/C(=C\c2cc(Cl)cc(Cl)c2OCc2ccc(F)cc2)S1. The zero-order chi connectivity index (χ0) is 18.0. The molecule has 2 aromatic carbocycles. The van der Waals surface area contributed by atoms with E-state index in [0.29, 0.717) is 26.3 Å². The van der Waals surface area contributed by atoms with Crippen LogP contribution in [0.5, 0.6) is 5.75 Å². The highest BCUT2D eigenvalue weighted by atomic mass is 35.5. The lowest BCUT2D eigenvalue weighted by Crippen LogP contribution is -2.01. The monoisotopic (exact) mass is 396 g/mol. The van der Waals surface area contributed by atoms with Crippen LogP contribution in [0.25, 0.3) is 6.08 Å². The van der Waals surface area contributed by atoms with Gasteiger partial charge >= 0.3 is 0 Å². The van der Waals surface area contributed by atoms with E-state index in [9.17, 15) is 9.18 Å². The van der Waals surface area contributed by atoms with E-state index in [1.54, 1.807) is 30.3 Å². The number of aliphatic imine (C=N–C) groups is 1. The molecule has 0 aromatic heterocycles. The molecule has 4 nitrogen and oxygen atoms in total. The minimum Gasteiger partial charge on any atom is -0.487 e. The Bertz CT molecular complexity index is 898. The maximum Gasteiger partial charge on any atom is 0.286 e. The standard InChI is InChI=1S/C17H11Cl2FN2O2S/c18-11-5-10(6-14-16(23)22-17(21)25-14)15(13(19)7-11)24-8-9-1-3-12(20)4-2-9/h1-7H,8H2,(H2,21,22,23)/b14-6+. The van der Waals surface area contributed by atoms with Crippen LogP contribution in [0.4, 0.5) is 4.39 Å². The number of nitrogens with zero attached hydrogens (tertiary/aromatic N) is 1. The van der Waals surface area contributed by atoms with Crippen LogP contribution in [0, 0.1) is 5.82 Å². The van der Waals surface area contributed by atoms with Crippen molar-refractivity contribution in [2.45, 2.75) is 6.61 Å². The first-order chi connectivity index (χ1) is 11.9. The number of nitrogens with two attached hydrogens (primary N) is 1. The van der Waals surface area contributed by atoms with Crippen molar-refractivity contribution >= 4 is 52.1 Å². The van der Waals surface area contributed by atoms with Crippen LogP contribution in [0.1, 0.15) is 11.1 Å². The highest BCUT2D eigenvalue weighted by molar-refractivity contribution is 8.18. The third-order valence-electron chi connectivity index (χ3n) is 3.26. The van der Waals surface area contributed by atoms with Crippen molar-refractivity contribution in [1.82, 2.24) is 0 Å². The van der Waals surface area contributed by atoms with Gasteiger partial charge in [-0.15, -0.1) is 0 Å². The van der Waals surface area contributed by atoms with Crippen molar-refractivity contribution in [1.29, 1.82) is 0 Å². The quantitative estimate of drug-likeness (QED) is 0.764. The first-order valence-corrected chi connectivity index (χ1v) is 8.64. The molecule has 1 heterocycles. The molecule has 128 valence electrons. The van der Waals surface area contributed by atoms with E-state index in [-0.39, 0.29) is 17.6 Å². The lowest BCUT2D eigenvalue weighted by Gasteiger charge is -2.12. The van der Waals surface area contributed by atoms with Crippen molar-refractivity contribution in [3.63, 3.8) is 0 Å². The van der Waals surface area contributed by atoms with Gasteiger partial charge < -0.3 is 10.5 Å². The minimum atomic E-state index is -0.428. The molecule has 0 fully saturated rings. The third kappa shape index (κ3) is 4.34. The molecule has 1 amide bonds. The number of carbonyl (C=O) groups is 1. The Morgan fingerprint density at radius 2 is 1.96 bits per heavy atom. The van der Waals surface area contributed by atoms with E-state index in [2.05, 4.69) is 4.99 Å². The predicted octanol–water partition coefficient (Wildman–Crippen LogP) is 4.64. The van der Waals surface area contributed by atoms with E-state index in [1.165, 1.54) is 12.1 Å². The Hall–Kier alpha value is -2.02. The Kier molecular flexibility index (Phi) is 5.32. The van der Waals surface area contributed by atoms with Crippen LogP contribution in [0.15, 0.2) is 46.3 Å². The highest BCUT2D eigenvalue weighted by Crippen LogP contribution is 2.36. The summed E-state index contributed by atoms with van der Waals surface area (Å²) >= 11 is 13.3. The molecule has 2 N–H and O–H groups in total. The number of thioether (sulfide) groups is 1. The number of rotatable bonds is 4. The third-order valence-corrected chi connectivity index (χ3v) is 4.57. The Morgan fingerprint density at radius 3 is 2.60 bits per heavy atom. The molecule has 1 aliphatic heterocycles. The largest absolute Gasteiger partial charge is 0.487 e. The summed E-state index contributed by atoms with van der Waals surface area (Å²) in [5.74, 6) is -0.391. The maximum absolute atomic E-state index is 13.0. The summed E-state index contributed by atoms with van der Waals surface area (Å²) in [6, 6.07) is 9.09. The van der Waals surface area contributed by atoms with Gasteiger partial charge in [0.2, 0.25) is 0 Å². The lowest BCUT2D eigenvalue weighted by molar-refractivity contribution is -0.113. The number of ether oxygens (including phenoxy) is 1. The van der Waals surface area contributed by atoms with Crippen molar-refractivity contribution in [3.8, 4) is 5.75 Å².